The molecular weight excluding hydrogens is 359 g/mol. The van der Waals surface area contributed by atoms with Crippen molar-refractivity contribution in [1.82, 2.24) is 0 Å². The molecule has 0 saturated carbocycles. The number of halogens is 4. The van der Waals surface area contributed by atoms with E-state index in [2.05, 4.69) is 47.8 Å². The molecule has 0 saturated heterocycles. The third kappa shape index (κ3) is 2.44. The molecule has 4 heteroatoms. The summed E-state index contributed by atoms with van der Waals surface area (Å²) in [5.74, 6) is 0. The summed E-state index contributed by atoms with van der Waals surface area (Å²) in [6.45, 7) is 0. The first-order valence-electron chi connectivity index (χ1n) is 2.84. The Morgan fingerprint density at radius 3 is 2.00 bits per heavy atom. The zero-order chi connectivity index (χ0) is 8.43. The van der Waals surface area contributed by atoms with Crippen LogP contribution >= 0.6 is 59.4 Å². The molecule has 0 aromatic heterocycles. The maximum atomic E-state index is 5.90. The minimum Gasteiger partial charge on any atom is -0.0876 e. The van der Waals surface area contributed by atoms with Crippen molar-refractivity contribution in [3.63, 3.8) is 0 Å². The number of rotatable bonds is 1. The highest BCUT2D eigenvalue weighted by Gasteiger charge is 2.03. The molecule has 1 rings (SSSR count). The van der Waals surface area contributed by atoms with Crippen LogP contribution in [0.2, 0.25) is 5.02 Å². The van der Waals surface area contributed by atoms with Crippen LogP contribution in [0, 0.1) is 0 Å². The van der Waals surface area contributed by atoms with Gasteiger partial charge < -0.3 is 0 Å². The van der Waals surface area contributed by atoms with E-state index < -0.39 is 0 Å². The normalized spacial score (nSPS) is 10.2. The highest BCUT2D eigenvalue weighted by atomic mass is 79.9. The van der Waals surface area contributed by atoms with Crippen LogP contribution in [0.1, 0.15) is 5.56 Å². The lowest BCUT2D eigenvalue weighted by Gasteiger charge is -2.01. The van der Waals surface area contributed by atoms with Gasteiger partial charge in [0.1, 0.15) is 0 Å². The molecule has 0 aliphatic carbocycles. The van der Waals surface area contributed by atoms with Gasteiger partial charge >= 0.3 is 0 Å². The minimum atomic E-state index is 0.717. The van der Waals surface area contributed by atoms with E-state index >= 15 is 0 Å². The minimum absolute atomic E-state index is 0.717. The van der Waals surface area contributed by atoms with Gasteiger partial charge in [0.2, 0.25) is 0 Å². The maximum Gasteiger partial charge on any atom is 0.0690 e. The lowest BCUT2D eigenvalue weighted by Crippen LogP contribution is -1.79. The van der Waals surface area contributed by atoms with Gasteiger partial charge in [-0.05, 0) is 49.6 Å². The number of benzene rings is 1. The Hall–Kier alpha value is 0.950. The Morgan fingerprint density at radius 1 is 1.18 bits per heavy atom. The number of hydrogen-bond acceptors (Lipinski definition) is 0. The molecule has 0 radical (unpaired) electrons. The monoisotopic (exact) mass is 360 g/mol. The van der Waals surface area contributed by atoms with Gasteiger partial charge in [0, 0.05) is 14.3 Å². The van der Waals surface area contributed by atoms with E-state index in [-0.39, 0.29) is 0 Å². The molecule has 0 amide bonds. The van der Waals surface area contributed by atoms with Gasteiger partial charge in [-0.2, -0.15) is 0 Å². The lowest BCUT2D eigenvalue weighted by molar-refractivity contribution is 1.40. The standard InChI is InChI=1S/C7H4Br3Cl/c8-3-4-1-5(9)7(11)6(10)2-4/h1-2H,3H2. The van der Waals surface area contributed by atoms with Crippen LogP contribution in [-0.4, -0.2) is 0 Å². The van der Waals surface area contributed by atoms with Crippen molar-refractivity contribution in [1.29, 1.82) is 0 Å². The van der Waals surface area contributed by atoms with Crippen LogP contribution < -0.4 is 0 Å². The van der Waals surface area contributed by atoms with Crippen molar-refractivity contribution < 1.29 is 0 Å². The molecule has 60 valence electrons. The molecule has 0 N–H and O–H groups in total. The quantitative estimate of drug-likeness (QED) is 0.499. The summed E-state index contributed by atoms with van der Waals surface area (Å²) >= 11 is 16.0. The van der Waals surface area contributed by atoms with Crippen LogP contribution in [0.3, 0.4) is 0 Å². The van der Waals surface area contributed by atoms with E-state index in [1.54, 1.807) is 0 Å². The Labute approximate surface area is 95.7 Å². The Bertz CT molecular complexity index is 249. The highest BCUT2D eigenvalue weighted by Crippen LogP contribution is 2.32. The third-order valence-electron chi connectivity index (χ3n) is 1.20. The van der Waals surface area contributed by atoms with E-state index in [1.165, 1.54) is 5.56 Å². The van der Waals surface area contributed by atoms with Crippen LogP contribution in [0.25, 0.3) is 0 Å². The van der Waals surface area contributed by atoms with Crippen molar-refractivity contribution >= 4 is 59.4 Å². The topological polar surface area (TPSA) is 0 Å². The molecule has 0 aliphatic heterocycles. The van der Waals surface area contributed by atoms with Crippen LogP contribution in [-0.2, 0) is 5.33 Å². The predicted molar refractivity (Wildman–Crippen MR) is 59.5 cm³/mol. The summed E-state index contributed by atoms with van der Waals surface area (Å²) in [5.41, 5.74) is 1.19. The molecular formula is C7H4Br3Cl. The van der Waals surface area contributed by atoms with Gasteiger partial charge in [-0.15, -0.1) is 0 Å². The number of alkyl halides is 1. The second-order valence-electron chi connectivity index (χ2n) is 2.01. The summed E-state index contributed by atoms with van der Waals surface area (Å²) in [6, 6.07) is 3.98. The average Bonchev–Trinajstić information content (AvgIpc) is 1.99. The lowest BCUT2D eigenvalue weighted by atomic mass is 10.2. The summed E-state index contributed by atoms with van der Waals surface area (Å²) in [5, 5.41) is 1.55. The smallest absolute Gasteiger partial charge is 0.0690 e. The van der Waals surface area contributed by atoms with Crippen molar-refractivity contribution in [2.24, 2.45) is 0 Å². The Morgan fingerprint density at radius 2 is 1.64 bits per heavy atom. The van der Waals surface area contributed by atoms with Gasteiger partial charge in [-0.1, -0.05) is 27.5 Å². The van der Waals surface area contributed by atoms with Crippen LogP contribution in [0.15, 0.2) is 21.1 Å². The largest absolute Gasteiger partial charge is 0.0876 e. The van der Waals surface area contributed by atoms with Gasteiger partial charge in [0.05, 0.1) is 5.02 Å². The molecule has 0 bridgehead atoms. The molecule has 0 unspecified atom stereocenters. The summed E-state index contributed by atoms with van der Waals surface area (Å²) in [4.78, 5) is 0. The third-order valence-corrected chi connectivity index (χ3v) is 3.96. The molecule has 0 spiro atoms. The van der Waals surface area contributed by atoms with Crippen LogP contribution in [0.5, 0.6) is 0 Å². The van der Waals surface area contributed by atoms with Crippen molar-refractivity contribution in [2.45, 2.75) is 5.33 Å². The summed E-state index contributed by atoms with van der Waals surface area (Å²) < 4.78 is 1.84. The maximum absolute atomic E-state index is 5.90. The molecule has 0 fully saturated rings. The highest BCUT2D eigenvalue weighted by molar-refractivity contribution is 9.11. The first-order chi connectivity index (χ1) is 5.15. The molecule has 0 atom stereocenters. The van der Waals surface area contributed by atoms with Gasteiger partial charge in [0.15, 0.2) is 0 Å². The van der Waals surface area contributed by atoms with Crippen molar-refractivity contribution in [3.8, 4) is 0 Å². The first-order valence-corrected chi connectivity index (χ1v) is 5.93. The van der Waals surface area contributed by atoms with Crippen molar-refractivity contribution in [2.75, 3.05) is 0 Å². The molecule has 0 heterocycles. The first kappa shape index (κ1) is 10.0. The fourth-order valence-corrected chi connectivity index (χ4v) is 2.40. The molecule has 1 aromatic carbocycles. The second kappa shape index (κ2) is 4.26. The average molecular weight is 363 g/mol. The van der Waals surface area contributed by atoms with Gasteiger partial charge in [-0.3, -0.25) is 0 Å². The Balaban J connectivity index is 3.21. The molecule has 1 aromatic rings. The Kier molecular flexibility index (Phi) is 3.89. The predicted octanol–water partition coefficient (Wildman–Crippen LogP) is 4.76. The van der Waals surface area contributed by atoms with E-state index in [4.69, 9.17) is 11.6 Å². The van der Waals surface area contributed by atoms with Crippen molar-refractivity contribution in [3.05, 3.63) is 31.7 Å². The molecule has 0 nitrogen and oxygen atoms in total. The fourth-order valence-electron chi connectivity index (χ4n) is 0.685. The zero-order valence-electron chi connectivity index (χ0n) is 5.37. The summed E-state index contributed by atoms with van der Waals surface area (Å²) in [7, 11) is 0. The van der Waals surface area contributed by atoms with E-state index in [0.29, 0.717) is 0 Å². The molecule has 0 aliphatic rings. The van der Waals surface area contributed by atoms with Gasteiger partial charge in [0.25, 0.3) is 0 Å². The SMILES string of the molecule is Clc1c(Br)cc(CBr)cc1Br. The van der Waals surface area contributed by atoms with Crippen LogP contribution in [0.4, 0.5) is 0 Å². The van der Waals surface area contributed by atoms with Gasteiger partial charge in [-0.25, -0.2) is 0 Å². The van der Waals surface area contributed by atoms with E-state index in [1.807, 2.05) is 12.1 Å². The second-order valence-corrected chi connectivity index (χ2v) is 4.65. The zero-order valence-corrected chi connectivity index (χ0v) is 10.9. The fraction of sp³-hybridized carbons (Fsp3) is 0.143. The molecule has 11 heavy (non-hydrogen) atoms. The van der Waals surface area contributed by atoms with E-state index in [9.17, 15) is 0 Å². The number of hydrogen-bond donors (Lipinski definition) is 0. The summed E-state index contributed by atoms with van der Waals surface area (Å²) in [6.07, 6.45) is 0. The van der Waals surface area contributed by atoms with E-state index in [0.717, 1.165) is 19.3 Å².